The van der Waals surface area contributed by atoms with Gasteiger partial charge in [-0.2, -0.15) is 0 Å². The maximum atomic E-state index is 11.9. The van der Waals surface area contributed by atoms with Crippen LogP contribution in [0.4, 0.5) is 5.69 Å². The number of carbonyl (C=O) groups excluding carboxylic acids is 2. The molecule has 0 aliphatic carbocycles. The monoisotopic (exact) mass is 314 g/mol. The SMILES string of the molecule is CC1=C(C(N)=O)C(c2ccc(N(C)C)cc2)C(C(N)=O)=C(C)N1. The van der Waals surface area contributed by atoms with Crippen molar-refractivity contribution in [2.24, 2.45) is 11.5 Å². The molecule has 0 aromatic heterocycles. The van der Waals surface area contributed by atoms with Crippen LogP contribution in [0.5, 0.6) is 0 Å². The van der Waals surface area contributed by atoms with Crippen molar-refractivity contribution < 1.29 is 9.59 Å². The number of primary amides is 2. The number of anilines is 1. The molecule has 0 unspecified atom stereocenters. The molecule has 6 nitrogen and oxygen atoms in total. The molecule has 122 valence electrons. The molecule has 1 aromatic rings. The van der Waals surface area contributed by atoms with Crippen LogP contribution in [-0.2, 0) is 9.59 Å². The van der Waals surface area contributed by atoms with Crippen molar-refractivity contribution in [2.45, 2.75) is 19.8 Å². The zero-order valence-corrected chi connectivity index (χ0v) is 13.8. The molecular weight excluding hydrogens is 292 g/mol. The molecule has 0 saturated heterocycles. The highest BCUT2D eigenvalue weighted by molar-refractivity contribution is 6.02. The summed E-state index contributed by atoms with van der Waals surface area (Å²) in [6, 6.07) is 7.63. The minimum absolute atomic E-state index is 0.363. The van der Waals surface area contributed by atoms with Gasteiger partial charge in [-0.05, 0) is 31.5 Å². The van der Waals surface area contributed by atoms with Crippen LogP contribution in [0.3, 0.4) is 0 Å². The minimum Gasteiger partial charge on any atom is -0.378 e. The van der Waals surface area contributed by atoms with Crippen LogP contribution < -0.4 is 21.7 Å². The van der Waals surface area contributed by atoms with Crippen molar-refractivity contribution in [1.29, 1.82) is 0 Å². The summed E-state index contributed by atoms with van der Waals surface area (Å²) in [5.74, 6) is -1.69. The van der Waals surface area contributed by atoms with E-state index in [4.69, 9.17) is 11.5 Å². The molecule has 2 amide bonds. The van der Waals surface area contributed by atoms with Crippen LogP contribution >= 0.6 is 0 Å². The van der Waals surface area contributed by atoms with Crippen LogP contribution in [-0.4, -0.2) is 25.9 Å². The lowest BCUT2D eigenvalue weighted by molar-refractivity contribution is -0.115. The fourth-order valence-corrected chi connectivity index (χ4v) is 2.95. The Morgan fingerprint density at radius 3 is 1.74 bits per heavy atom. The number of rotatable bonds is 4. The van der Waals surface area contributed by atoms with E-state index in [1.165, 1.54) is 0 Å². The number of nitrogens with one attached hydrogen (secondary N) is 1. The molecule has 5 N–H and O–H groups in total. The standard InChI is InChI=1S/C17H22N4O2/c1-9-13(16(18)22)15(14(17(19)23)10(2)20-9)11-5-7-12(8-6-11)21(3)4/h5-8,15,20H,1-4H3,(H2,18,22)(H2,19,23). The molecule has 0 atom stereocenters. The first-order valence-electron chi connectivity index (χ1n) is 7.29. The molecule has 0 fully saturated rings. The van der Waals surface area contributed by atoms with Gasteiger partial charge in [0.15, 0.2) is 0 Å². The Morgan fingerprint density at radius 1 is 0.957 bits per heavy atom. The zero-order valence-electron chi connectivity index (χ0n) is 13.8. The summed E-state index contributed by atoms with van der Waals surface area (Å²) >= 11 is 0. The first-order chi connectivity index (χ1) is 10.7. The molecule has 1 aromatic carbocycles. The summed E-state index contributed by atoms with van der Waals surface area (Å²) in [6.45, 7) is 3.53. The van der Waals surface area contributed by atoms with Crippen LogP contribution in [0.25, 0.3) is 0 Å². The third kappa shape index (κ3) is 3.06. The van der Waals surface area contributed by atoms with Gasteiger partial charge in [-0.1, -0.05) is 12.1 Å². The number of hydrogen-bond acceptors (Lipinski definition) is 4. The number of benzene rings is 1. The summed E-state index contributed by atoms with van der Waals surface area (Å²) in [7, 11) is 3.88. The molecular formula is C17H22N4O2. The van der Waals surface area contributed by atoms with Crippen molar-refractivity contribution in [2.75, 3.05) is 19.0 Å². The number of amides is 2. The number of hydrogen-bond donors (Lipinski definition) is 3. The van der Waals surface area contributed by atoms with E-state index in [0.717, 1.165) is 11.3 Å². The molecule has 2 rings (SSSR count). The van der Waals surface area contributed by atoms with Gasteiger partial charge in [0.25, 0.3) is 0 Å². The topological polar surface area (TPSA) is 101 Å². The highest BCUT2D eigenvalue weighted by Crippen LogP contribution is 2.38. The number of allylic oxidation sites excluding steroid dienone is 2. The number of nitrogens with zero attached hydrogens (tertiary/aromatic N) is 1. The van der Waals surface area contributed by atoms with E-state index in [-0.39, 0.29) is 0 Å². The van der Waals surface area contributed by atoms with Crippen molar-refractivity contribution in [3.63, 3.8) is 0 Å². The smallest absolute Gasteiger partial charge is 0.247 e. The molecule has 0 saturated carbocycles. The highest BCUT2D eigenvalue weighted by atomic mass is 16.1. The van der Waals surface area contributed by atoms with Crippen molar-refractivity contribution in [3.8, 4) is 0 Å². The summed E-state index contributed by atoms with van der Waals surface area (Å²) in [4.78, 5) is 25.9. The summed E-state index contributed by atoms with van der Waals surface area (Å²) in [5.41, 5.74) is 14.9. The lowest BCUT2D eigenvalue weighted by atomic mass is 9.80. The lowest BCUT2D eigenvalue weighted by Gasteiger charge is -2.30. The Labute approximate surface area is 135 Å². The molecule has 23 heavy (non-hydrogen) atoms. The third-order valence-corrected chi connectivity index (χ3v) is 4.03. The molecule has 0 spiro atoms. The molecule has 1 aliphatic rings. The summed E-state index contributed by atoms with van der Waals surface area (Å²) in [5, 5.41) is 3.02. The van der Waals surface area contributed by atoms with E-state index < -0.39 is 17.7 Å². The van der Waals surface area contributed by atoms with Gasteiger partial charge in [0.1, 0.15) is 0 Å². The second-order valence-electron chi connectivity index (χ2n) is 5.85. The van der Waals surface area contributed by atoms with Crippen molar-refractivity contribution in [1.82, 2.24) is 5.32 Å². The lowest BCUT2D eigenvalue weighted by Crippen LogP contribution is -2.35. The van der Waals surface area contributed by atoms with E-state index in [2.05, 4.69) is 5.32 Å². The summed E-state index contributed by atoms with van der Waals surface area (Å²) in [6.07, 6.45) is 0. The fraction of sp³-hybridized carbons (Fsp3) is 0.294. The quantitative estimate of drug-likeness (QED) is 0.770. The highest BCUT2D eigenvalue weighted by Gasteiger charge is 2.34. The Balaban J connectivity index is 2.62. The Bertz CT molecular complexity index is 679. The van der Waals surface area contributed by atoms with E-state index >= 15 is 0 Å². The van der Waals surface area contributed by atoms with Crippen molar-refractivity contribution in [3.05, 3.63) is 52.4 Å². The Hall–Kier alpha value is -2.76. The van der Waals surface area contributed by atoms with Crippen LogP contribution in [0, 0.1) is 0 Å². The normalized spacial score (nSPS) is 15.5. The van der Waals surface area contributed by atoms with Crippen LogP contribution in [0.1, 0.15) is 25.3 Å². The first-order valence-corrected chi connectivity index (χ1v) is 7.29. The number of nitrogens with two attached hydrogens (primary N) is 2. The average Bonchev–Trinajstić information content (AvgIpc) is 2.45. The minimum atomic E-state index is -0.567. The van der Waals surface area contributed by atoms with Crippen molar-refractivity contribution >= 4 is 17.5 Å². The van der Waals surface area contributed by atoms with E-state index in [1.807, 2.05) is 43.3 Å². The zero-order chi connectivity index (χ0) is 17.3. The fourth-order valence-electron chi connectivity index (χ4n) is 2.95. The van der Waals surface area contributed by atoms with Gasteiger partial charge in [-0.3, -0.25) is 9.59 Å². The number of dihydropyridines is 1. The Morgan fingerprint density at radius 2 is 1.39 bits per heavy atom. The van der Waals surface area contributed by atoms with Crippen LogP contribution in [0.15, 0.2) is 46.8 Å². The average molecular weight is 314 g/mol. The van der Waals surface area contributed by atoms with E-state index in [1.54, 1.807) is 13.8 Å². The molecule has 6 heteroatoms. The predicted octanol–water partition coefficient (Wildman–Crippen LogP) is 0.958. The maximum Gasteiger partial charge on any atom is 0.247 e. The maximum absolute atomic E-state index is 11.9. The molecule has 1 aliphatic heterocycles. The predicted molar refractivity (Wildman–Crippen MR) is 90.4 cm³/mol. The van der Waals surface area contributed by atoms with E-state index in [0.29, 0.717) is 22.5 Å². The molecule has 1 heterocycles. The van der Waals surface area contributed by atoms with Gasteiger partial charge in [0, 0.05) is 48.2 Å². The van der Waals surface area contributed by atoms with Gasteiger partial charge in [-0.15, -0.1) is 0 Å². The second-order valence-corrected chi connectivity index (χ2v) is 5.85. The van der Waals surface area contributed by atoms with Gasteiger partial charge in [0.2, 0.25) is 11.8 Å². The van der Waals surface area contributed by atoms with Gasteiger partial charge in [-0.25, -0.2) is 0 Å². The van der Waals surface area contributed by atoms with Gasteiger partial charge in [0.05, 0.1) is 0 Å². The Kier molecular flexibility index (Phi) is 4.45. The molecule has 0 bridgehead atoms. The largest absolute Gasteiger partial charge is 0.378 e. The van der Waals surface area contributed by atoms with Gasteiger partial charge >= 0.3 is 0 Å². The number of carbonyl (C=O) groups is 2. The first kappa shape index (κ1) is 16.6. The molecule has 0 radical (unpaired) electrons. The summed E-state index contributed by atoms with van der Waals surface area (Å²) < 4.78 is 0. The van der Waals surface area contributed by atoms with E-state index in [9.17, 15) is 9.59 Å². The second kappa shape index (κ2) is 6.16. The van der Waals surface area contributed by atoms with Gasteiger partial charge < -0.3 is 21.7 Å². The third-order valence-electron chi connectivity index (χ3n) is 4.03. The van der Waals surface area contributed by atoms with Crippen LogP contribution in [0.2, 0.25) is 0 Å².